The van der Waals surface area contributed by atoms with Crippen molar-refractivity contribution < 1.29 is 14.3 Å². The Morgan fingerprint density at radius 1 is 1.33 bits per heavy atom. The summed E-state index contributed by atoms with van der Waals surface area (Å²) in [4.78, 5) is 11.9. The third kappa shape index (κ3) is 2.16. The first-order valence-corrected chi connectivity index (χ1v) is 6.38. The van der Waals surface area contributed by atoms with Gasteiger partial charge in [-0.1, -0.05) is 18.2 Å². The van der Waals surface area contributed by atoms with Gasteiger partial charge in [0.1, 0.15) is 5.82 Å². The van der Waals surface area contributed by atoms with Crippen molar-refractivity contribution in [1.29, 1.82) is 0 Å². The van der Waals surface area contributed by atoms with Crippen molar-refractivity contribution >= 4 is 17.3 Å². The molecule has 2 nitrogen and oxygen atoms in total. The molecule has 0 fully saturated rings. The van der Waals surface area contributed by atoms with Crippen LogP contribution in [0.4, 0.5) is 4.39 Å². The lowest BCUT2D eigenvalue weighted by Gasteiger charge is -2.17. The molecule has 0 aliphatic heterocycles. The molecule has 0 atom stereocenters. The summed E-state index contributed by atoms with van der Waals surface area (Å²) in [6.45, 7) is 3.28. The number of benzene rings is 1. The maximum Gasteiger partial charge on any atom is 0.313 e. The zero-order chi connectivity index (χ0) is 13.3. The fraction of sp³-hybridized carbons (Fsp3) is 0.214. The summed E-state index contributed by atoms with van der Waals surface area (Å²) in [5.74, 6) is -1.18. The first kappa shape index (κ1) is 12.8. The van der Waals surface area contributed by atoms with E-state index < -0.39 is 11.4 Å². The molecule has 4 heteroatoms. The van der Waals surface area contributed by atoms with Crippen molar-refractivity contribution in [2.24, 2.45) is 0 Å². The maximum atomic E-state index is 13.6. The van der Waals surface area contributed by atoms with Crippen LogP contribution in [-0.2, 0) is 10.2 Å². The molecule has 94 valence electrons. The number of hydrogen-bond acceptors (Lipinski definition) is 2. The number of hydrogen-bond donors (Lipinski definition) is 1. The average molecular weight is 264 g/mol. The number of aliphatic carboxylic acids is 1. The van der Waals surface area contributed by atoms with E-state index in [2.05, 4.69) is 0 Å². The minimum atomic E-state index is -0.958. The number of thiophene rings is 1. The monoisotopic (exact) mass is 264 g/mol. The van der Waals surface area contributed by atoms with Gasteiger partial charge in [0, 0.05) is 10.4 Å². The van der Waals surface area contributed by atoms with Gasteiger partial charge in [0.2, 0.25) is 0 Å². The van der Waals surface area contributed by atoms with Gasteiger partial charge in [0.25, 0.3) is 0 Å². The second-order valence-corrected chi connectivity index (χ2v) is 5.52. The van der Waals surface area contributed by atoms with Crippen LogP contribution >= 0.6 is 11.3 Å². The number of carboxylic acids is 1. The Morgan fingerprint density at radius 2 is 2.00 bits per heavy atom. The standard InChI is InChI=1S/C14H13FO2S/c1-14(2,13(16)17)9-7-12(18-8-9)10-5-3-4-6-11(10)15/h3-8H,1-2H3,(H,16,17). The van der Waals surface area contributed by atoms with Crippen LogP contribution in [0.5, 0.6) is 0 Å². The second kappa shape index (κ2) is 4.53. The molecule has 1 aromatic heterocycles. The second-order valence-electron chi connectivity index (χ2n) is 4.61. The summed E-state index contributed by atoms with van der Waals surface area (Å²) in [5.41, 5.74) is 0.244. The molecule has 2 rings (SSSR count). The highest BCUT2D eigenvalue weighted by Gasteiger charge is 2.30. The highest BCUT2D eigenvalue weighted by atomic mass is 32.1. The molecule has 0 unspecified atom stereocenters. The molecule has 1 aromatic carbocycles. The van der Waals surface area contributed by atoms with E-state index in [1.165, 1.54) is 17.4 Å². The third-order valence-corrected chi connectivity index (χ3v) is 3.96. The normalized spacial score (nSPS) is 11.5. The van der Waals surface area contributed by atoms with E-state index >= 15 is 0 Å². The molecule has 0 spiro atoms. The minimum Gasteiger partial charge on any atom is -0.481 e. The van der Waals surface area contributed by atoms with Crippen LogP contribution in [0.25, 0.3) is 10.4 Å². The minimum absolute atomic E-state index is 0.293. The molecule has 1 heterocycles. The molecule has 0 radical (unpaired) electrons. The lowest BCUT2D eigenvalue weighted by Crippen LogP contribution is -2.27. The summed E-state index contributed by atoms with van der Waals surface area (Å²) in [6.07, 6.45) is 0. The third-order valence-electron chi connectivity index (χ3n) is 3.00. The van der Waals surface area contributed by atoms with Crippen molar-refractivity contribution in [2.45, 2.75) is 19.3 Å². The van der Waals surface area contributed by atoms with E-state index in [1.54, 1.807) is 43.5 Å². The van der Waals surface area contributed by atoms with E-state index in [0.29, 0.717) is 11.1 Å². The number of carboxylic acid groups (broad SMARTS) is 1. The van der Waals surface area contributed by atoms with E-state index in [-0.39, 0.29) is 5.82 Å². The van der Waals surface area contributed by atoms with Crippen LogP contribution < -0.4 is 0 Å². The fourth-order valence-electron chi connectivity index (χ4n) is 1.59. The van der Waals surface area contributed by atoms with Crippen LogP contribution in [0, 0.1) is 5.82 Å². The summed E-state index contributed by atoms with van der Waals surface area (Å²) in [7, 11) is 0. The summed E-state index contributed by atoms with van der Waals surface area (Å²) in [6, 6.07) is 8.24. The number of rotatable bonds is 3. The van der Waals surface area contributed by atoms with Crippen molar-refractivity contribution in [3.8, 4) is 10.4 Å². The summed E-state index contributed by atoms with van der Waals surface area (Å²) >= 11 is 1.36. The summed E-state index contributed by atoms with van der Waals surface area (Å²) in [5, 5.41) is 10.9. The smallest absolute Gasteiger partial charge is 0.313 e. The highest BCUT2D eigenvalue weighted by molar-refractivity contribution is 7.13. The lowest BCUT2D eigenvalue weighted by molar-refractivity contribution is -0.142. The SMILES string of the molecule is CC(C)(C(=O)O)c1csc(-c2ccccc2F)c1. The van der Waals surface area contributed by atoms with Crippen LogP contribution in [0.3, 0.4) is 0 Å². The molecule has 0 saturated carbocycles. The Bertz CT molecular complexity index is 587. The van der Waals surface area contributed by atoms with E-state index in [9.17, 15) is 9.18 Å². The Hall–Kier alpha value is -1.68. The Morgan fingerprint density at radius 3 is 2.61 bits per heavy atom. The van der Waals surface area contributed by atoms with Gasteiger partial charge in [-0.3, -0.25) is 4.79 Å². The van der Waals surface area contributed by atoms with Gasteiger partial charge in [-0.15, -0.1) is 11.3 Å². The maximum absolute atomic E-state index is 13.6. The predicted molar refractivity (Wildman–Crippen MR) is 70.4 cm³/mol. The quantitative estimate of drug-likeness (QED) is 0.912. The number of carbonyl (C=O) groups is 1. The van der Waals surface area contributed by atoms with Gasteiger partial charge in [-0.2, -0.15) is 0 Å². The molecule has 0 bridgehead atoms. The Kier molecular flexibility index (Phi) is 3.22. The molecular formula is C14H13FO2S. The predicted octanol–water partition coefficient (Wildman–Crippen LogP) is 3.92. The topological polar surface area (TPSA) is 37.3 Å². The van der Waals surface area contributed by atoms with E-state index in [0.717, 1.165) is 4.88 Å². The van der Waals surface area contributed by atoms with Gasteiger partial charge in [-0.05, 0) is 36.9 Å². The van der Waals surface area contributed by atoms with Crippen LogP contribution in [0.15, 0.2) is 35.7 Å². The zero-order valence-corrected chi connectivity index (χ0v) is 10.9. The highest BCUT2D eigenvalue weighted by Crippen LogP contribution is 2.34. The number of halogens is 1. The molecular weight excluding hydrogens is 251 g/mol. The first-order valence-electron chi connectivity index (χ1n) is 5.50. The lowest BCUT2D eigenvalue weighted by atomic mass is 9.86. The Balaban J connectivity index is 2.44. The molecule has 18 heavy (non-hydrogen) atoms. The molecule has 2 aromatic rings. The van der Waals surface area contributed by atoms with Gasteiger partial charge in [0.15, 0.2) is 0 Å². The van der Waals surface area contributed by atoms with E-state index in [1.807, 2.05) is 0 Å². The average Bonchev–Trinajstić information content (AvgIpc) is 2.79. The molecule has 0 saturated heterocycles. The van der Waals surface area contributed by atoms with Gasteiger partial charge in [0.05, 0.1) is 5.41 Å². The molecule has 1 N–H and O–H groups in total. The van der Waals surface area contributed by atoms with Crippen molar-refractivity contribution in [3.63, 3.8) is 0 Å². The fourth-order valence-corrected chi connectivity index (χ4v) is 2.69. The molecule has 0 aliphatic carbocycles. The van der Waals surface area contributed by atoms with Crippen molar-refractivity contribution in [3.05, 3.63) is 47.1 Å². The van der Waals surface area contributed by atoms with Crippen molar-refractivity contribution in [2.75, 3.05) is 0 Å². The van der Waals surface area contributed by atoms with E-state index in [4.69, 9.17) is 5.11 Å². The van der Waals surface area contributed by atoms with Gasteiger partial charge < -0.3 is 5.11 Å². The van der Waals surface area contributed by atoms with Crippen LogP contribution in [0.1, 0.15) is 19.4 Å². The molecule has 0 aliphatic rings. The zero-order valence-electron chi connectivity index (χ0n) is 10.1. The summed E-state index contributed by atoms with van der Waals surface area (Å²) < 4.78 is 13.6. The largest absolute Gasteiger partial charge is 0.481 e. The van der Waals surface area contributed by atoms with Crippen LogP contribution in [0.2, 0.25) is 0 Å². The van der Waals surface area contributed by atoms with Gasteiger partial charge >= 0.3 is 5.97 Å². The van der Waals surface area contributed by atoms with Crippen LogP contribution in [-0.4, -0.2) is 11.1 Å². The first-order chi connectivity index (χ1) is 8.43. The molecule has 0 amide bonds. The van der Waals surface area contributed by atoms with Crippen molar-refractivity contribution in [1.82, 2.24) is 0 Å². The van der Waals surface area contributed by atoms with Gasteiger partial charge in [-0.25, -0.2) is 4.39 Å². The Labute approximate surface area is 109 Å².